The molecule has 2 heterocycles. The van der Waals surface area contributed by atoms with Crippen LogP contribution in [0.1, 0.15) is 46.3 Å². The Balaban J connectivity index is 1.90. The predicted molar refractivity (Wildman–Crippen MR) is 108 cm³/mol. The standard InChI is InChI=1S/C19H21N3O6S/c1-3-28-19(25)17-12-6-4-5-7-14(12)29-18(17)20-15(23)10-21-11(2)13(22(26)27)8-9-16(21)24/h8-9H,3-7,10H2,1-2H3,(H,20,23). The number of fused-ring (bicyclic) bond motifs is 1. The van der Waals surface area contributed by atoms with Crippen LogP contribution in [-0.4, -0.2) is 28.0 Å². The molecule has 3 rings (SSSR count). The Bertz CT molecular complexity index is 1040. The first kappa shape index (κ1) is 20.7. The van der Waals surface area contributed by atoms with E-state index >= 15 is 0 Å². The summed E-state index contributed by atoms with van der Waals surface area (Å²) in [7, 11) is 0. The van der Waals surface area contributed by atoms with Gasteiger partial charge in [-0.2, -0.15) is 0 Å². The van der Waals surface area contributed by atoms with Gasteiger partial charge in [0.25, 0.3) is 11.2 Å². The van der Waals surface area contributed by atoms with Gasteiger partial charge in [-0.15, -0.1) is 11.3 Å². The van der Waals surface area contributed by atoms with Gasteiger partial charge in [0, 0.05) is 17.0 Å². The maximum absolute atomic E-state index is 12.6. The monoisotopic (exact) mass is 419 g/mol. The molecule has 154 valence electrons. The van der Waals surface area contributed by atoms with Crippen LogP contribution in [0.15, 0.2) is 16.9 Å². The van der Waals surface area contributed by atoms with Gasteiger partial charge in [0.15, 0.2) is 0 Å². The van der Waals surface area contributed by atoms with Crippen molar-refractivity contribution in [2.24, 2.45) is 0 Å². The molecule has 0 unspecified atom stereocenters. The molecule has 1 N–H and O–H groups in total. The first-order valence-corrected chi connectivity index (χ1v) is 10.1. The van der Waals surface area contributed by atoms with Gasteiger partial charge >= 0.3 is 5.97 Å². The zero-order valence-electron chi connectivity index (χ0n) is 16.1. The van der Waals surface area contributed by atoms with Crippen molar-refractivity contribution in [3.8, 4) is 0 Å². The number of anilines is 1. The zero-order chi connectivity index (χ0) is 21.1. The first-order chi connectivity index (χ1) is 13.8. The second-order valence-electron chi connectivity index (χ2n) is 6.67. The largest absolute Gasteiger partial charge is 0.462 e. The molecule has 0 fully saturated rings. The molecule has 9 nitrogen and oxygen atoms in total. The van der Waals surface area contributed by atoms with Gasteiger partial charge in [-0.05, 0) is 45.1 Å². The number of nitrogens with one attached hydrogen (secondary N) is 1. The number of thiophene rings is 1. The van der Waals surface area contributed by atoms with Crippen LogP contribution in [0.25, 0.3) is 0 Å². The Kier molecular flexibility index (Phi) is 6.12. The van der Waals surface area contributed by atoms with Gasteiger partial charge in [0.1, 0.15) is 11.5 Å². The number of hydrogen-bond donors (Lipinski definition) is 1. The number of esters is 1. The number of rotatable bonds is 6. The van der Waals surface area contributed by atoms with E-state index in [2.05, 4.69) is 5.32 Å². The molecule has 0 atom stereocenters. The van der Waals surface area contributed by atoms with Gasteiger partial charge in [0.2, 0.25) is 5.91 Å². The van der Waals surface area contributed by atoms with Crippen LogP contribution in [-0.2, 0) is 28.9 Å². The summed E-state index contributed by atoms with van der Waals surface area (Å²) in [6.45, 7) is 2.96. The first-order valence-electron chi connectivity index (χ1n) is 9.29. The molecule has 1 aliphatic rings. The molecule has 0 spiro atoms. The van der Waals surface area contributed by atoms with Crippen LogP contribution < -0.4 is 10.9 Å². The number of aromatic nitrogens is 1. The molecule has 0 bridgehead atoms. The summed E-state index contributed by atoms with van der Waals surface area (Å²) in [6, 6.07) is 2.19. The Morgan fingerprint density at radius 1 is 1.31 bits per heavy atom. The minimum Gasteiger partial charge on any atom is -0.462 e. The van der Waals surface area contributed by atoms with Crippen LogP contribution in [0, 0.1) is 17.0 Å². The fraction of sp³-hybridized carbons (Fsp3) is 0.421. The van der Waals surface area contributed by atoms with E-state index in [9.17, 15) is 24.5 Å². The van der Waals surface area contributed by atoms with Gasteiger partial charge in [0.05, 0.1) is 22.8 Å². The lowest BCUT2D eigenvalue weighted by atomic mass is 9.95. The summed E-state index contributed by atoms with van der Waals surface area (Å²) < 4.78 is 6.21. The summed E-state index contributed by atoms with van der Waals surface area (Å²) in [5, 5.41) is 14.2. The van der Waals surface area contributed by atoms with Crippen molar-refractivity contribution in [1.29, 1.82) is 0 Å². The Morgan fingerprint density at radius 2 is 2.03 bits per heavy atom. The molecule has 1 aliphatic carbocycles. The quantitative estimate of drug-likeness (QED) is 0.437. The van der Waals surface area contributed by atoms with Crippen molar-refractivity contribution in [3.63, 3.8) is 0 Å². The van der Waals surface area contributed by atoms with E-state index in [4.69, 9.17) is 4.74 Å². The smallest absolute Gasteiger partial charge is 0.341 e. The second kappa shape index (κ2) is 8.56. The van der Waals surface area contributed by atoms with Crippen molar-refractivity contribution in [1.82, 2.24) is 4.57 Å². The molecule has 2 aromatic rings. The van der Waals surface area contributed by atoms with Gasteiger partial charge in [-0.25, -0.2) is 4.79 Å². The molecule has 2 aromatic heterocycles. The normalized spacial score (nSPS) is 12.9. The number of amides is 1. The third-order valence-corrected chi connectivity index (χ3v) is 6.03. The van der Waals surface area contributed by atoms with E-state index < -0.39 is 28.9 Å². The molecular weight excluding hydrogens is 398 g/mol. The maximum atomic E-state index is 12.6. The summed E-state index contributed by atoms with van der Waals surface area (Å²) in [4.78, 5) is 48.8. The average Bonchev–Trinajstić information content (AvgIpc) is 3.02. The lowest BCUT2D eigenvalue weighted by Gasteiger charge is -2.13. The number of nitro groups is 1. The Morgan fingerprint density at radius 3 is 2.72 bits per heavy atom. The summed E-state index contributed by atoms with van der Waals surface area (Å²) in [5.41, 5.74) is 0.631. The fourth-order valence-electron chi connectivity index (χ4n) is 3.44. The van der Waals surface area contributed by atoms with Crippen molar-refractivity contribution in [2.45, 2.75) is 46.1 Å². The molecule has 0 radical (unpaired) electrons. The van der Waals surface area contributed by atoms with Crippen LogP contribution in [0.3, 0.4) is 0 Å². The van der Waals surface area contributed by atoms with Crippen LogP contribution in [0.5, 0.6) is 0 Å². The van der Waals surface area contributed by atoms with E-state index in [0.29, 0.717) is 10.6 Å². The lowest BCUT2D eigenvalue weighted by Crippen LogP contribution is -2.29. The number of carbonyl (C=O) groups excluding carboxylic acids is 2. The van der Waals surface area contributed by atoms with Gasteiger partial charge < -0.3 is 10.1 Å². The number of carbonyl (C=O) groups is 2. The Labute approximate surface area is 170 Å². The van der Waals surface area contributed by atoms with Crippen molar-refractivity contribution >= 4 is 33.9 Å². The number of hydrogen-bond acceptors (Lipinski definition) is 7. The summed E-state index contributed by atoms with van der Waals surface area (Å²) in [5.74, 6) is -1.02. The number of ether oxygens (including phenoxy) is 1. The number of aryl methyl sites for hydroxylation is 1. The van der Waals surface area contributed by atoms with E-state index in [0.717, 1.165) is 52.8 Å². The number of nitrogens with zero attached hydrogens (tertiary/aromatic N) is 2. The average molecular weight is 419 g/mol. The van der Waals surface area contributed by atoms with Crippen molar-refractivity contribution in [3.05, 3.63) is 54.3 Å². The fourth-order valence-corrected chi connectivity index (χ4v) is 4.73. The Hall–Kier alpha value is -3.01. The van der Waals surface area contributed by atoms with Gasteiger partial charge in [-0.3, -0.25) is 24.3 Å². The van der Waals surface area contributed by atoms with Gasteiger partial charge in [-0.1, -0.05) is 0 Å². The molecular formula is C19H21N3O6S. The molecule has 0 saturated heterocycles. The van der Waals surface area contributed by atoms with Crippen LogP contribution in [0.4, 0.5) is 10.7 Å². The van der Waals surface area contributed by atoms with E-state index in [-0.39, 0.29) is 18.0 Å². The predicted octanol–water partition coefficient (Wildman–Crippen LogP) is 2.82. The lowest BCUT2D eigenvalue weighted by molar-refractivity contribution is -0.386. The van der Waals surface area contributed by atoms with Crippen molar-refractivity contribution < 1.29 is 19.2 Å². The highest BCUT2D eigenvalue weighted by Gasteiger charge is 2.27. The molecule has 10 heteroatoms. The highest BCUT2D eigenvalue weighted by Crippen LogP contribution is 2.38. The van der Waals surface area contributed by atoms with Crippen LogP contribution >= 0.6 is 11.3 Å². The molecule has 1 amide bonds. The highest BCUT2D eigenvalue weighted by molar-refractivity contribution is 7.17. The number of pyridine rings is 1. The topological polar surface area (TPSA) is 121 Å². The van der Waals surface area contributed by atoms with Crippen molar-refractivity contribution in [2.75, 3.05) is 11.9 Å². The summed E-state index contributed by atoms with van der Waals surface area (Å²) >= 11 is 1.34. The van der Waals surface area contributed by atoms with Crippen LogP contribution in [0.2, 0.25) is 0 Å². The zero-order valence-corrected chi connectivity index (χ0v) is 17.0. The van der Waals surface area contributed by atoms with E-state index in [1.807, 2.05) is 0 Å². The SMILES string of the molecule is CCOC(=O)c1c(NC(=O)Cn2c(C)c([N+](=O)[O-])ccc2=O)sc2c1CCCC2. The second-order valence-corrected chi connectivity index (χ2v) is 7.77. The molecule has 0 aromatic carbocycles. The third kappa shape index (κ3) is 4.21. The minimum absolute atomic E-state index is 0.0914. The minimum atomic E-state index is -0.602. The van der Waals surface area contributed by atoms with E-state index in [1.165, 1.54) is 18.3 Å². The molecule has 0 saturated carbocycles. The van der Waals surface area contributed by atoms with E-state index in [1.54, 1.807) is 6.92 Å². The summed E-state index contributed by atoms with van der Waals surface area (Å²) in [6.07, 6.45) is 3.57. The molecule has 29 heavy (non-hydrogen) atoms. The molecule has 0 aliphatic heterocycles. The maximum Gasteiger partial charge on any atom is 0.341 e. The highest BCUT2D eigenvalue weighted by atomic mass is 32.1. The third-order valence-electron chi connectivity index (χ3n) is 4.83.